The fraction of sp³-hybridized carbons (Fsp3) is 0.0769. The van der Waals surface area contributed by atoms with Crippen molar-refractivity contribution in [2.45, 2.75) is 6.92 Å². The van der Waals surface area contributed by atoms with E-state index in [1.165, 1.54) is 6.20 Å². The first-order valence-corrected chi connectivity index (χ1v) is 5.97. The first-order valence-electron chi connectivity index (χ1n) is 5.56. The van der Waals surface area contributed by atoms with Crippen LogP contribution in [0.4, 0.5) is 5.69 Å². The number of hydrogen-bond acceptors (Lipinski definition) is 4. The quantitative estimate of drug-likeness (QED) is 0.831. The fourth-order valence-electron chi connectivity index (χ4n) is 1.41. The minimum Gasteiger partial charge on any atom is -0.389 e. The molecule has 0 aliphatic heterocycles. The minimum atomic E-state index is -0.305. The van der Waals surface area contributed by atoms with Gasteiger partial charge in [0, 0.05) is 17.5 Å². The van der Waals surface area contributed by atoms with E-state index < -0.39 is 0 Å². The van der Waals surface area contributed by atoms with Crippen molar-refractivity contribution < 1.29 is 4.79 Å². The summed E-state index contributed by atoms with van der Waals surface area (Å²) in [5.74, 6) is -0.305. The molecule has 0 aliphatic rings. The van der Waals surface area contributed by atoms with Gasteiger partial charge in [-0.05, 0) is 31.2 Å². The van der Waals surface area contributed by atoms with Crippen molar-refractivity contribution in [2.24, 2.45) is 5.73 Å². The van der Waals surface area contributed by atoms with Crippen LogP contribution in [0.1, 0.15) is 21.7 Å². The van der Waals surface area contributed by atoms with Gasteiger partial charge in [0.2, 0.25) is 0 Å². The van der Waals surface area contributed by atoms with E-state index in [-0.39, 0.29) is 10.9 Å². The first kappa shape index (κ1) is 13.1. The summed E-state index contributed by atoms with van der Waals surface area (Å²) in [6, 6.07) is 6.84. The number of nitrogens with two attached hydrogens (primary N) is 1. The molecule has 2 aromatic heterocycles. The number of anilines is 1. The maximum absolute atomic E-state index is 11.9. The molecule has 0 aliphatic carbocycles. The summed E-state index contributed by atoms with van der Waals surface area (Å²) < 4.78 is 0. The topological polar surface area (TPSA) is 80.9 Å². The molecule has 6 heteroatoms. The highest BCUT2D eigenvalue weighted by molar-refractivity contribution is 7.80. The summed E-state index contributed by atoms with van der Waals surface area (Å²) in [7, 11) is 0. The molecule has 0 fully saturated rings. The van der Waals surface area contributed by atoms with Crippen molar-refractivity contribution in [1.29, 1.82) is 0 Å². The molecule has 0 atom stereocenters. The van der Waals surface area contributed by atoms with Gasteiger partial charge in [0.05, 0.1) is 11.9 Å². The Balaban J connectivity index is 2.11. The van der Waals surface area contributed by atoms with Gasteiger partial charge >= 0.3 is 0 Å². The van der Waals surface area contributed by atoms with E-state index in [0.717, 1.165) is 5.69 Å². The third-order valence-electron chi connectivity index (χ3n) is 2.45. The smallest absolute Gasteiger partial charge is 0.274 e. The number of nitrogens with zero attached hydrogens (tertiary/aromatic N) is 2. The van der Waals surface area contributed by atoms with E-state index in [4.69, 9.17) is 18.0 Å². The SMILES string of the molecule is Cc1ccc(NC(=O)c2ccc(C(N)=S)cn2)cn1. The average Bonchev–Trinajstić information content (AvgIpc) is 2.41. The summed E-state index contributed by atoms with van der Waals surface area (Å²) in [6.45, 7) is 1.88. The molecule has 0 saturated carbocycles. The number of carbonyl (C=O) groups is 1. The molecule has 96 valence electrons. The molecule has 0 radical (unpaired) electrons. The second kappa shape index (κ2) is 5.53. The van der Waals surface area contributed by atoms with Crippen molar-refractivity contribution in [1.82, 2.24) is 9.97 Å². The molecular weight excluding hydrogens is 260 g/mol. The molecule has 19 heavy (non-hydrogen) atoms. The van der Waals surface area contributed by atoms with Gasteiger partial charge in [-0.3, -0.25) is 14.8 Å². The molecule has 1 amide bonds. The Labute approximate surface area is 115 Å². The van der Waals surface area contributed by atoms with Crippen LogP contribution in [0, 0.1) is 6.92 Å². The summed E-state index contributed by atoms with van der Waals surface area (Å²) in [5.41, 5.74) is 7.89. The normalized spacial score (nSPS) is 9.95. The molecule has 0 spiro atoms. The average molecular weight is 272 g/mol. The largest absolute Gasteiger partial charge is 0.389 e. The second-order valence-corrected chi connectivity index (χ2v) is 4.38. The Morgan fingerprint density at radius 2 is 2.00 bits per heavy atom. The van der Waals surface area contributed by atoms with E-state index in [2.05, 4.69) is 15.3 Å². The first-order chi connectivity index (χ1) is 9.06. The standard InChI is InChI=1S/C13H12N4OS/c1-8-2-4-10(7-15-8)17-13(18)11-5-3-9(6-16-11)12(14)19/h2-7H,1H3,(H2,14,19)(H,17,18). The van der Waals surface area contributed by atoms with Crippen molar-refractivity contribution in [3.8, 4) is 0 Å². The predicted molar refractivity (Wildman–Crippen MR) is 77.1 cm³/mol. The van der Waals surface area contributed by atoms with Crippen LogP contribution in [0.15, 0.2) is 36.7 Å². The van der Waals surface area contributed by atoms with Gasteiger partial charge in [-0.1, -0.05) is 12.2 Å². The number of aryl methyl sites for hydroxylation is 1. The number of nitrogens with one attached hydrogen (secondary N) is 1. The summed E-state index contributed by atoms with van der Waals surface area (Å²) >= 11 is 4.82. The number of pyridine rings is 2. The monoisotopic (exact) mass is 272 g/mol. The molecule has 0 bridgehead atoms. The molecule has 2 aromatic rings. The van der Waals surface area contributed by atoms with Gasteiger partial charge in [-0.2, -0.15) is 0 Å². The van der Waals surface area contributed by atoms with E-state index in [1.54, 1.807) is 24.4 Å². The van der Waals surface area contributed by atoms with Crippen molar-refractivity contribution in [3.05, 3.63) is 53.6 Å². The molecule has 0 aromatic carbocycles. The van der Waals surface area contributed by atoms with Crippen LogP contribution in [-0.2, 0) is 0 Å². The zero-order valence-electron chi connectivity index (χ0n) is 10.3. The molecule has 2 rings (SSSR count). The molecule has 2 heterocycles. The molecule has 0 saturated heterocycles. The van der Waals surface area contributed by atoms with Crippen LogP contribution < -0.4 is 11.1 Å². The fourth-order valence-corrected chi connectivity index (χ4v) is 1.53. The highest BCUT2D eigenvalue weighted by Crippen LogP contribution is 2.08. The zero-order chi connectivity index (χ0) is 13.8. The number of rotatable bonds is 3. The molecule has 0 unspecified atom stereocenters. The number of hydrogen-bond donors (Lipinski definition) is 2. The van der Waals surface area contributed by atoms with E-state index >= 15 is 0 Å². The highest BCUT2D eigenvalue weighted by atomic mass is 32.1. The summed E-state index contributed by atoms with van der Waals surface area (Å²) in [4.78, 5) is 20.3. The molecule has 5 nitrogen and oxygen atoms in total. The maximum Gasteiger partial charge on any atom is 0.274 e. The summed E-state index contributed by atoms with van der Waals surface area (Å²) in [6.07, 6.45) is 3.07. The van der Waals surface area contributed by atoms with Gasteiger partial charge < -0.3 is 11.1 Å². The summed E-state index contributed by atoms with van der Waals surface area (Å²) in [5, 5.41) is 2.71. The van der Waals surface area contributed by atoms with Crippen LogP contribution >= 0.6 is 12.2 Å². The van der Waals surface area contributed by atoms with Crippen LogP contribution in [0.3, 0.4) is 0 Å². The van der Waals surface area contributed by atoms with Crippen LogP contribution in [0.25, 0.3) is 0 Å². The van der Waals surface area contributed by atoms with Crippen molar-refractivity contribution in [3.63, 3.8) is 0 Å². The van der Waals surface area contributed by atoms with Gasteiger partial charge in [0.25, 0.3) is 5.91 Å². The maximum atomic E-state index is 11.9. The van der Waals surface area contributed by atoms with Gasteiger partial charge in [0.1, 0.15) is 10.7 Å². The lowest BCUT2D eigenvalue weighted by Gasteiger charge is -2.05. The number of aromatic nitrogens is 2. The van der Waals surface area contributed by atoms with Crippen LogP contribution in [0.5, 0.6) is 0 Å². The van der Waals surface area contributed by atoms with Crippen LogP contribution in [-0.4, -0.2) is 20.9 Å². The van der Waals surface area contributed by atoms with E-state index in [0.29, 0.717) is 16.9 Å². The highest BCUT2D eigenvalue weighted by Gasteiger charge is 2.08. The Bertz CT molecular complexity index is 608. The Morgan fingerprint density at radius 3 is 2.53 bits per heavy atom. The molecular formula is C13H12N4OS. The van der Waals surface area contributed by atoms with Gasteiger partial charge in [-0.15, -0.1) is 0 Å². The third-order valence-corrected chi connectivity index (χ3v) is 2.69. The van der Waals surface area contributed by atoms with Gasteiger partial charge in [0.15, 0.2) is 0 Å². The Kier molecular flexibility index (Phi) is 3.82. The lowest BCUT2D eigenvalue weighted by atomic mass is 10.2. The van der Waals surface area contributed by atoms with Crippen molar-refractivity contribution >= 4 is 28.8 Å². The predicted octanol–water partition coefficient (Wildman–Crippen LogP) is 1.67. The van der Waals surface area contributed by atoms with Crippen LogP contribution in [0.2, 0.25) is 0 Å². The van der Waals surface area contributed by atoms with Crippen molar-refractivity contribution in [2.75, 3.05) is 5.32 Å². The molecule has 3 N–H and O–H groups in total. The third kappa shape index (κ3) is 3.32. The number of amides is 1. The van der Waals surface area contributed by atoms with E-state index in [9.17, 15) is 4.79 Å². The minimum absolute atomic E-state index is 0.252. The number of carbonyl (C=O) groups excluding carboxylic acids is 1. The zero-order valence-corrected chi connectivity index (χ0v) is 11.1. The Hall–Kier alpha value is -2.34. The van der Waals surface area contributed by atoms with E-state index in [1.807, 2.05) is 13.0 Å². The lowest BCUT2D eigenvalue weighted by Crippen LogP contribution is -2.15. The lowest BCUT2D eigenvalue weighted by molar-refractivity contribution is 0.102. The Morgan fingerprint density at radius 1 is 1.21 bits per heavy atom. The van der Waals surface area contributed by atoms with Gasteiger partial charge in [-0.25, -0.2) is 0 Å². The second-order valence-electron chi connectivity index (χ2n) is 3.94. The number of thiocarbonyl (C=S) groups is 1.